The summed E-state index contributed by atoms with van der Waals surface area (Å²) in [5.41, 5.74) is 0.878. The number of rotatable bonds is 8. The van der Waals surface area contributed by atoms with E-state index >= 15 is 0 Å². The summed E-state index contributed by atoms with van der Waals surface area (Å²) in [7, 11) is 0. The fourth-order valence-corrected chi connectivity index (χ4v) is 4.09. The van der Waals surface area contributed by atoms with Gasteiger partial charge in [-0.2, -0.15) is 0 Å². The monoisotopic (exact) mass is 422 g/mol. The van der Waals surface area contributed by atoms with Gasteiger partial charge < -0.3 is 20.3 Å². The van der Waals surface area contributed by atoms with Crippen LogP contribution in [0, 0.1) is 5.92 Å². The van der Waals surface area contributed by atoms with Crippen LogP contribution in [0.25, 0.3) is 0 Å². The Morgan fingerprint density at radius 1 is 1.30 bits per heavy atom. The van der Waals surface area contributed by atoms with Gasteiger partial charge in [-0.25, -0.2) is 13.8 Å². The summed E-state index contributed by atoms with van der Waals surface area (Å²) in [6.07, 6.45) is 2.78. The van der Waals surface area contributed by atoms with Crippen LogP contribution in [0.5, 0.6) is 5.75 Å². The van der Waals surface area contributed by atoms with Crippen LogP contribution in [0.15, 0.2) is 29.3 Å². The molecule has 1 unspecified atom stereocenters. The molecule has 166 valence electrons. The molecule has 0 aromatic heterocycles. The van der Waals surface area contributed by atoms with Gasteiger partial charge in [0.2, 0.25) is 5.91 Å². The van der Waals surface area contributed by atoms with E-state index in [1.807, 2.05) is 17.9 Å². The summed E-state index contributed by atoms with van der Waals surface area (Å²) < 4.78 is 29.7. The highest BCUT2D eigenvalue weighted by Crippen LogP contribution is 2.27. The molecule has 1 heterocycles. The van der Waals surface area contributed by atoms with Crippen molar-refractivity contribution in [1.82, 2.24) is 15.5 Å². The summed E-state index contributed by atoms with van der Waals surface area (Å²) in [4.78, 5) is 19.2. The van der Waals surface area contributed by atoms with E-state index in [-0.39, 0.29) is 12.0 Å². The molecule has 0 spiro atoms. The Kier molecular flexibility index (Phi) is 8.28. The molecule has 2 N–H and O–H groups in total. The van der Waals surface area contributed by atoms with Crippen LogP contribution < -0.4 is 15.4 Å². The first-order valence-corrected chi connectivity index (χ1v) is 10.9. The fraction of sp³-hybridized carbons (Fsp3) is 0.636. The van der Waals surface area contributed by atoms with Gasteiger partial charge >= 0.3 is 0 Å². The summed E-state index contributed by atoms with van der Waals surface area (Å²) >= 11 is 0. The second-order valence-electron chi connectivity index (χ2n) is 7.94. The molecule has 1 atom stereocenters. The maximum atomic E-state index is 12.6. The van der Waals surface area contributed by atoms with Crippen molar-refractivity contribution >= 4 is 11.9 Å². The topological polar surface area (TPSA) is 66.0 Å². The van der Waals surface area contributed by atoms with Crippen LogP contribution >= 0.6 is 0 Å². The zero-order valence-electron chi connectivity index (χ0n) is 17.6. The molecule has 2 fully saturated rings. The molecule has 1 aliphatic heterocycles. The third kappa shape index (κ3) is 6.57. The number of amides is 1. The van der Waals surface area contributed by atoms with Gasteiger partial charge in [0.05, 0.1) is 6.54 Å². The van der Waals surface area contributed by atoms with E-state index in [9.17, 15) is 13.6 Å². The highest BCUT2D eigenvalue weighted by atomic mass is 19.3. The number of nitrogens with one attached hydrogen (secondary N) is 2. The Morgan fingerprint density at radius 2 is 2.10 bits per heavy atom. The van der Waals surface area contributed by atoms with Crippen LogP contribution in [0.3, 0.4) is 0 Å². The number of alkyl halides is 2. The molecule has 3 rings (SSSR count). The molecule has 1 saturated heterocycles. The van der Waals surface area contributed by atoms with E-state index in [2.05, 4.69) is 15.6 Å². The Labute approximate surface area is 177 Å². The minimum atomic E-state index is -2.50. The van der Waals surface area contributed by atoms with Gasteiger partial charge in [0, 0.05) is 31.6 Å². The van der Waals surface area contributed by atoms with E-state index in [4.69, 9.17) is 4.74 Å². The van der Waals surface area contributed by atoms with Crippen LogP contribution in [0.1, 0.15) is 44.6 Å². The van der Waals surface area contributed by atoms with Gasteiger partial charge in [0.15, 0.2) is 5.96 Å². The molecule has 1 saturated carbocycles. The van der Waals surface area contributed by atoms with E-state index < -0.39 is 13.0 Å². The van der Waals surface area contributed by atoms with Gasteiger partial charge in [0.25, 0.3) is 6.43 Å². The number of likely N-dealkylation sites (tertiary alicyclic amines) is 1. The highest BCUT2D eigenvalue weighted by molar-refractivity contribution is 5.81. The Balaban J connectivity index is 1.53. The number of carbonyl (C=O) groups is 1. The average Bonchev–Trinajstić information content (AvgIpc) is 3.43. The molecule has 0 radical (unpaired) electrons. The lowest BCUT2D eigenvalue weighted by molar-refractivity contribution is -0.134. The van der Waals surface area contributed by atoms with Crippen molar-refractivity contribution in [3.05, 3.63) is 29.8 Å². The smallest absolute Gasteiger partial charge is 0.272 e. The lowest BCUT2D eigenvalue weighted by Gasteiger charge is -2.21. The molecule has 1 aliphatic carbocycles. The molecule has 1 amide bonds. The number of halogens is 2. The highest BCUT2D eigenvalue weighted by Gasteiger charge is 2.32. The maximum absolute atomic E-state index is 12.6. The Bertz CT molecular complexity index is 723. The van der Waals surface area contributed by atoms with Crippen molar-refractivity contribution in [3.8, 4) is 5.75 Å². The number of aliphatic imine (C=N–C) groups is 1. The number of benzene rings is 1. The molecule has 30 heavy (non-hydrogen) atoms. The lowest BCUT2D eigenvalue weighted by Crippen LogP contribution is -2.45. The summed E-state index contributed by atoms with van der Waals surface area (Å²) in [6.45, 7) is 4.00. The quantitative estimate of drug-likeness (QED) is 0.499. The second kappa shape index (κ2) is 11.1. The predicted molar refractivity (Wildman–Crippen MR) is 113 cm³/mol. The Hall–Kier alpha value is -2.38. The molecule has 2 aliphatic rings. The normalized spacial score (nSPS) is 20.1. The first kappa shape index (κ1) is 22.3. The molecule has 0 bridgehead atoms. The van der Waals surface area contributed by atoms with Crippen molar-refractivity contribution in [2.75, 3.05) is 26.2 Å². The van der Waals surface area contributed by atoms with E-state index in [1.54, 1.807) is 18.2 Å². The van der Waals surface area contributed by atoms with Gasteiger partial charge in [-0.3, -0.25) is 4.79 Å². The minimum absolute atomic E-state index is 0.175. The first-order chi connectivity index (χ1) is 14.5. The predicted octanol–water partition coefficient (Wildman–Crippen LogP) is 3.18. The van der Waals surface area contributed by atoms with Crippen molar-refractivity contribution in [2.45, 2.75) is 58.0 Å². The van der Waals surface area contributed by atoms with Crippen molar-refractivity contribution in [3.63, 3.8) is 0 Å². The van der Waals surface area contributed by atoms with Crippen LogP contribution in [0.2, 0.25) is 0 Å². The van der Waals surface area contributed by atoms with E-state index in [0.717, 1.165) is 50.8 Å². The van der Waals surface area contributed by atoms with Gasteiger partial charge in [-0.05, 0) is 43.9 Å². The second-order valence-corrected chi connectivity index (χ2v) is 7.94. The minimum Gasteiger partial charge on any atom is -0.488 e. The van der Waals surface area contributed by atoms with Crippen LogP contribution in [-0.4, -0.2) is 55.5 Å². The molecule has 6 nitrogen and oxygen atoms in total. The van der Waals surface area contributed by atoms with Crippen LogP contribution in [-0.2, 0) is 11.3 Å². The first-order valence-electron chi connectivity index (χ1n) is 10.9. The van der Waals surface area contributed by atoms with Crippen molar-refractivity contribution in [2.24, 2.45) is 10.9 Å². The molecule has 1 aromatic carbocycles. The summed E-state index contributed by atoms with van der Waals surface area (Å²) in [5, 5.41) is 6.67. The number of hydrogen-bond donors (Lipinski definition) is 2. The maximum Gasteiger partial charge on any atom is 0.272 e. The standard InChI is InChI=1S/C22H32F2N4O2/c1-2-25-22(26-13-16-6-5-9-19(12-16)30-15-20(23)24)27-18-10-11-28(14-18)21(29)17-7-3-4-8-17/h5-6,9,12,17-18,20H,2-4,7-8,10-11,13-15H2,1H3,(H2,25,26,27). The lowest BCUT2D eigenvalue weighted by atomic mass is 10.1. The number of guanidine groups is 1. The van der Waals surface area contributed by atoms with Gasteiger partial charge in [-0.15, -0.1) is 0 Å². The van der Waals surface area contributed by atoms with E-state index in [1.165, 1.54) is 0 Å². The zero-order valence-corrected chi connectivity index (χ0v) is 17.6. The fourth-order valence-electron chi connectivity index (χ4n) is 4.09. The number of carbonyl (C=O) groups excluding carboxylic acids is 1. The van der Waals surface area contributed by atoms with E-state index in [0.29, 0.717) is 30.7 Å². The van der Waals surface area contributed by atoms with Crippen molar-refractivity contribution in [1.29, 1.82) is 0 Å². The summed E-state index contributed by atoms with van der Waals surface area (Å²) in [5.74, 6) is 1.62. The van der Waals surface area contributed by atoms with Gasteiger partial charge in [0.1, 0.15) is 12.4 Å². The number of nitrogens with zero attached hydrogens (tertiary/aromatic N) is 2. The third-order valence-corrected chi connectivity index (χ3v) is 5.58. The number of ether oxygens (including phenoxy) is 1. The third-order valence-electron chi connectivity index (χ3n) is 5.58. The molecular weight excluding hydrogens is 390 g/mol. The molecular formula is C22H32F2N4O2. The zero-order chi connectivity index (χ0) is 21.3. The molecule has 1 aromatic rings. The Morgan fingerprint density at radius 3 is 2.83 bits per heavy atom. The molecule has 8 heteroatoms. The largest absolute Gasteiger partial charge is 0.488 e. The van der Waals surface area contributed by atoms with Gasteiger partial charge in [-0.1, -0.05) is 25.0 Å². The van der Waals surface area contributed by atoms with Crippen LogP contribution in [0.4, 0.5) is 8.78 Å². The number of hydrogen-bond acceptors (Lipinski definition) is 3. The average molecular weight is 423 g/mol. The summed E-state index contributed by atoms with van der Waals surface area (Å²) in [6, 6.07) is 7.23. The SMILES string of the molecule is CCNC(=NCc1cccc(OCC(F)F)c1)NC1CCN(C(=O)C2CCCC2)C1. The van der Waals surface area contributed by atoms with Crippen molar-refractivity contribution < 1.29 is 18.3 Å².